The first-order chi connectivity index (χ1) is 10.7. The van der Waals surface area contributed by atoms with Gasteiger partial charge in [0.2, 0.25) is 0 Å². The molecular formula is C16H22N4O2. The number of fused-ring (bicyclic) bond motifs is 1. The zero-order valence-electron chi connectivity index (χ0n) is 12.9. The number of ether oxygens (including phenoxy) is 1. The number of hydrogen-bond acceptors (Lipinski definition) is 4. The molecule has 1 aliphatic rings. The molecule has 22 heavy (non-hydrogen) atoms. The number of nitrogens with zero attached hydrogens (tertiary/aromatic N) is 3. The quantitative estimate of drug-likeness (QED) is 0.918. The van der Waals surface area contributed by atoms with Crippen LogP contribution in [0.5, 0.6) is 0 Å². The lowest BCUT2D eigenvalue weighted by Gasteiger charge is -2.36. The van der Waals surface area contributed by atoms with Crippen molar-refractivity contribution >= 4 is 11.6 Å². The summed E-state index contributed by atoms with van der Waals surface area (Å²) in [5.41, 5.74) is 1.17. The number of rotatable bonds is 5. The smallest absolute Gasteiger partial charge is 0.256 e. The molecule has 1 fully saturated rings. The summed E-state index contributed by atoms with van der Waals surface area (Å²) in [6.07, 6.45) is 10.9. The van der Waals surface area contributed by atoms with Crippen LogP contribution in [0.15, 0.2) is 24.7 Å². The number of methoxy groups -OCH3 is 1. The summed E-state index contributed by atoms with van der Waals surface area (Å²) in [6, 6.07) is 1.79. The molecule has 6 heteroatoms. The summed E-state index contributed by atoms with van der Waals surface area (Å²) in [6.45, 7) is 1.34. The molecule has 1 amide bonds. The third-order valence-corrected chi connectivity index (χ3v) is 4.51. The minimum atomic E-state index is -0.116. The Morgan fingerprint density at radius 2 is 2.23 bits per heavy atom. The van der Waals surface area contributed by atoms with Gasteiger partial charge in [0.05, 0.1) is 12.8 Å². The molecule has 2 heterocycles. The van der Waals surface area contributed by atoms with Gasteiger partial charge in [0.25, 0.3) is 5.91 Å². The summed E-state index contributed by atoms with van der Waals surface area (Å²) in [5.74, 6) is -0.116. The second kappa shape index (κ2) is 6.44. The number of nitrogens with one attached hydrogen (secondary N) is 1. The minimum Gasteiger partial charge on any atom is -0.384 e. The maximum atomic E-state index is 12.5. The summed E-state index contributed by atoms with van der Waals surface area (Å²) >= 11 is 0. The van der Waals surface area contributed by atoms with E-state index in [0.29, 0.717) is 24.4 Å². The molecule has 0 unspecified atom stereocenters. The molecular weight excluding hydrogens is 280 g/mol. The van der Waals surface area contributed by atoms with E-state index >= 15 is 0 Å². The predicted octanol–water partition coefficient (Wildman–Crippen LogP) is 2.06. The molecule has 1 aliphatic carbocycles. The Kier molecular flexibility index (Phi) is 4.38. The van der Waals surface area contributed by atoms with Gasteiger partial charge in [0.1, 0.15) is 5.56 Å². The monoisotopic (exact) mass is 302 g/mol. The number of amides is 1. The van der Waals surface area contributed by atoms with Crippen LogP contribution < -0.4 is 5.32 Å². The Balaban J connectivity index is 1.71. The fraction of sp³-hybridized carbons (Fsp3) is 0.562. The molecule has 6 nitrogen and oxygen atoms in total. The van der Waals surface area contributed by atoms with Crippen LogP contribution in [0.4, 0.5) is 0 Å². The maximum Gasteiger partial charge on any atom is 0.256 e. The third-order valence-electron chi connectivity index (χ3n) is 4.51. The van der Waals surface area contributed by atoms with Crippen LogP contribution in [0.25, 0.3) is 5.65 Å². The van der Waals surface area contributed by atoms with Crippen molar-refractivity contribution in [3.8, 4) is 0 Å². The summed E-state index contributed by atoms with van der Waals surface area (Å²) in [4.78, 5) is 16.7. The number of carbonyl (C=O) groups excluding carboxylic acids is 1. The molecule has 1 saturated carbocycles. The molecule has 0 aliphatic heterocycles. The molecule has 2 aromatic rings. The van der Waals surface area contributed by atoms with E-state index in [0.717, 1.165) is 12.8 Å². The molecule has 0 bridgehead atoms. The van der Waals surface area contributed by atoms with Crippen molar-refractivity contribution in [3.63, 3.8) is 0 Å². The molecule has 0 aromatic carbocycles. The van der Waals surface area contributed by atoms with Gasteiger partial charge in [0.15, 0.2) is 5.65 Å². The highest BCUT2D eigenvalue weighted by Gasteiger charge is 2.32. The fourth-order valence-electron chi connectivity index (χ4n) is 3.33. The SMILES string of the molecule is COCC1(CNC(=O)c2cnn3cccnc23)CCCCC1. The number of carbonyl (C=O) groups is 1. The highest BCUT2D eigenvalue weighted by molar-refractivity contribution is 5.99. The standard InChI is InChI=1S/C16H22N4O2/c1-22-12-16(6-3-2-4-7-16)11-18-15(21)13-10-19-20-9-5-8-17-14(13)20/h5,8-10H,2-4,6-7,11-12H2,1H3,(H,18,21). The van der Waals surface area contributed by atoms with E-state index in [2.05, 4.69) is 15.4 Å². The van der Waals surface area contributed by atoms with Crippen LogP contribution in [-0.2, 0) is 4.74 Å². The lowest BCUT2D eigenvalue weighted by molar-refractivity contribution is 0.0465. The van der Waals surface area contributed by atoms with Gasteiger partial charge in [-0.05, 0) is 18.9 Å². The average Bonchev–Trinajstić information content (AvgIpc) is 2.98. The van der Waals surface area contributed by atoms with Gasteiger partial charge >= 0.3 is 0 Å². The molecule has 0 spiro atoms. The molecule has 0 radical (unpaired) electrons. The van der Waals surface area contributed by atoms with E-state index < -0.39 is 0 Å². The van der Waals surface area contributed by atoms with Crippen molar-refractivity contribution in [2.75, 3.05) is 20.3 Å². The molecule has 118 valence electrons. The molecule has 3 rings (SSSR count). The van der Waals surface area contributed by atoms with E-state index in [4.69, 9.17) is 4.74 Å². The second-order valence-electron chi connectivity index (χ2n) is 6.12. The molecule has 1 N–H and O–H groups in total. The number of aromatic nitrogens is 3. The topological polar surface area (TPSA) is 68.5 Å². The van der Waals surface area contributed by atoms with Crippen molar-refractivity contribution < 1.29 is 9.53 Å². The largest absolute Gasteiger partial charge is 0.384 e. The number of hydrogen-bond donors (Lipinski definition) is 1. The van der Waals surface area contributed by atoms with Gasteiger partial charge in [-0.1, -0.05) is 19.3 Å². The Morgan fingerprint density at radius 1 is 1.41 bits per heavy atom. The fourth-order valence-corrected chi connectivity index (χ4v) is 3.33. The normalized spacial score (nSPS) is 17.5. The Labute approximate surface area is 129 Å². The van der Waals surface area contributed by atoms with E-state index in [-0.39, 0.29) is 11.3 Å². The van der Waals surface area contributed by atoms with E-state index in [1.165, 1.54) is 19.3 Å². The Bertz CT molecular complexity index is 641. The summed E-state index contributed by atoms with van der Waals surface area (Å²) in [5, 5.41) is 7.22. The van der Waals surface area contributed by atoms with Crippen LogP contribution in [0, 0.1) is 5.41 Å². The van der Waals surface area contributed by atoms with Gasteiger partial charge in [0, 0.05) is 31.5 Å². The minimum absolute atomic E-state index is 0.0685. The molecule has 0 atom stereocenters. The van der Waals surface area contributed by atoms with E-state index in [1.807, 2.05) is 0 Å². The first-order valence-electron chi connectivity index (χ1n) is 7.80. The third kappa shape index (κ3) is 2.97. The van der Waals surface area contributed by atoms with Crippen LogP contribution in [0.3, 0.4) is 0 Å². The van der Waals surface area contributed by atoms with Crippen molar-refractivity contribution in [1.29, 1.82) is 0 Å². The van der Waals surface area contributed by atoms with Crippen LogP contribution in [-0.4, -0.2) is 40.8 Å². The van der Waals surface area contributed by atoms with E-state index in [9.17, 15) is 4.79 Å². The van der Waals surface area contributed by atoms with Gasteiger partial charge < -0.3 is 10.1 Å². The predicted molar refractivity (Wildman–Crippen MR) is 82.7 cm³/mol. The first kappa shape index (κ1) is 15.0. The zero-order valence-corrected chi connectivity index (χ0v) is 12.9. The highest BCUT2D eigenvalue weighted by atomic mass is 16.5. The van der Waals surface area contributed by atoms with Gasteiger partial charge in [-0.2, -0.15) is 5.10 Å². The van der Waals surface area contributed by atoms with Crippen molar-refractivity contribution in [1.82, 2.24) is 19.9 Å². The van der Waals surface area contributed by atoms with E-state index in [1.54, 1.807) is 36.3 Å². The lowest BCUT2D eigenvalue weighted by atomic mass is 9.74. The van der Waals surface area contributed by atoms with Crippen molar-refractivity contribution in [3.05, 3.63) is 30.2 Å². The zero-order chi connectivity index (χ0) is 15.4. The first-order valence-corrected chi connectivity index (χ1v) is 7.80. The summed E-state index contributed by atoms with van der Waals surface area (Å²) in [7, 11) is 1.73. The van der Waals surface area contributed by atoms with Crippen molar-refractivity contribution in [2.24, 2.45) is 5.41 Å². The second-order valence-corrected chi connectivity index (χ2v) is 6.12. The van der Waals surface area contributed by atoms with Gasteiger partial charge in [-0.3, -0.25) is 4.79 Å². The lowest BCUT2D eigenvalue weighted by Crippen LogP contribution is -2.41. The van der Waals surface area contributed by atoms with Crippen LogP contribution >= 0.6 is 0 Å². The van der Waals surface area contributed by atoms with Gasteiger partial charge in [-0.25, -0.2) is 9.50 Å². The highest BCUT2D eigenvalue weighted by Crippen LogP contribution is 2.36. The Hall–Kier alpha value is -1.95. The van der Waals surface area contributed by atoms with Crippen LogP contribution in [0.2, 0.25) is 0 Å². The average molecular weight is 302 g/mol. The van der Waals surface area contributed by atoms with Crippen molar-refractivity contribution in [2.45, 2.75) is 32.1 Å². The maximum absolute atomic E-state index is 12.5. The van der Waals surface area contributed by atoms with Crippen LogP contribution in [0.1, 0.15) is 42.5 Å². The van der Waals surface area contributed by atoms with Gasteiger partial charge in [-0.15, -0.1) is 0 Å². The molecule has 2 aromatic heterocycles. The Morgan fingerprint density at radius 3 is 3.00 bits per heavy atom. The molecule has 0 saturated heterocycles. The summed E-state index contributed by atoms with van der Waals surface area (Å²) < 4.78 is 7.01.